The van der Waals surface area contributed by atoms with Crippen molar-refractivity contribution >= 4 is 5.97 Å². The molecule has 0 amide bonds. The van der Waals surface area contributed by atoms with E-state index in [0.717, 1.165) is 6.42 Å². The van der Waals surface area contributed by atoms with Crippen molar-refractivity contribution in [2.45, 2.75) is 63.7 Å². The van der Waals surface area contributed by atoms with Gasteiger partial charge < -0.3 is 39.4 Å². The lowest BCUT2D eigenvalue weighted by atomic mass is 9.85. The van der Waals surface area contributed by atoms with Crippen molar-refractivity contribution in [1.82, 2.24) is 0 Å². The number of aliphatic hydroxyl groups excluding tert-OH is 4. The highest BCUT2D eigenvalue weighted by Crippen LogP contribution is 2.36. The summed E-state index contributed by atoms with van der Waals surface area (Å²) in [5.74, 6) is -0.796. The van der Waals surface area contributed by atoms with Gasteiger partial charge in [-0.1, -0.05) is 19.4 Å². The van der Waals surface area contributed by atoms with Gasteiger partial charge in [0, 0.05) is 11.5 Å². The summed E-state index contributed by atoms with van der Waals surface area (Å²) in [5, 5.41) is 39.2. The fourth-order valence-electron chi connectivity index (χ4n) is 3.31. The highest BCUT2D eigenvalue weighted by molar-refractivity contribution is 5.89. The van der Waals surface area contributed by atoms with Gasteiger partial charge in [0.2, 0.25) is 6.29 Å². The summed E-state index contributed by atoms with van der Waals surface area (Å²) in [6, 6.07) is 0. The molecule has 1 fully saturated rings. The predicted molar refractivity (Wildman–Crippen MR) is 92.0 cm³/mol. The second kappa shape index (κ2) is 9.63. The van der Waals surface area contributed by atoms with E-state index in [-0.39, 0.29) is 5.92 Å². The van der Waals surface area contributed by atoms with Crippen molar-refractivity contribution in [3.05, 3.63) is 23.5 Å². The van der Waals surface area contributed by atoms with Crippen LogP contribution in [0.1, 0.15) is 26.7 Å². The highest BCUT2D eigenvalue weighted by Gasteiger charge is 2.46. The summed E-state index contributed by atoms with van der Waals surface area (Å²) in [7, 11) is 1.29. The first-order chi connectivity index (χ1) is 12.9. The van der Waals surface area contributed by atoms with Crippen LogP contribution in [0.2, 0.25) is 0 Å². The van der Waals surface area contributed by atoms with Gasteiger partial charge in [0.25, 0.3) is 0 Å². The van der Waals surface area contributed by atoms with Gasteiger partial charge >= 0.3 is 5.97 Å². The van der Waals surface area contributed by atoms with E-state index >= 15 is 0 Å². The van der Waals surface area contributed by atoms with Crippen molar-refractivity contribution in [1.29, 1.82) is 0 Å². The van der Waals surface area contributed by atoms with Crippen LogP contribution in [0.25, 0.3) is 0 Å². The number of hydrogen-bond acceptors (Lipinski definition) is 9. The molecule has 0 saturated carbocycles. The van der Waals surface area contributed by atoms with Gasteiger partial charge in [-0.15, -0.1) is 0 Å². The fraction of sp³-hybridized carbons (Fsp3) is 0.722. The number of aliphatic hydroxyl groups is 4. The zero-order chi connectivity index (χ0) is 20.1. The quantitative estimate of drug-likeness (QED) is 0.353. The molecule has 9 nitrogen and oxygen atoms in total. The summed E-state index contributed by atoms with van der Waals surface area (Å²) >= 11 is 0. The second-order valence-electron chi connectivity index (χ2n) is 6.50. The van der Waals surface area contributed by atoms with Crippen LogP contribution in [0.15, 0.2) is 23.5 Å². The predicted octanol–water partition coefficient (Wildman–Crippen LogP) is -0.421. The maximum atomic E-state index is 12.0. The van der Waals surface area contributed by atoms with Gasteiger partial charge in [0.1, 0.15) is 24.4 Å². The smallest absolute Gasteiger partial charge is 0.337 e. The minimum absolute atomic E-state index is 0.295. The lowest BCUT2D eigenvalue weighted by Gasteiger charge is -2.42. The number of hydrogen-bond donors (Lipinski definition) is 4. The van der Waals surface area contributed by atoms with E-state index in [4.69, 9.17) is 18.9 Å². The number of rotatable bonds is 6. The Morgan fingerprint density at radius 3 is 2.52 bits per heavy atom. The average Bonchev–Trinajstić information content (AvgIpc) is 2.68. The molecule has 9 heteroatoms. The van der Waals surface area contributed by atoms with Gasteiger partial charge in [-0.2, -0.15) is 0 Å². The average molecular weight is 388 g/mol. The van der Waals surface area contributed by atoms with Crippen LogP contribution in [0.3, 0.4) is 0 Å². The normalized spacial score (nSPS) is 38.3. The Morgan fingerprint density at radius 1 is 1.26 bits per heavy atom. The molecule has 2 heterocycles. The lowest BCUT2D eigenvalue weighted by Crippen LogP contribution is -2.60. The second-order valence-corrected chi connectivity index (χ2v) is 6.50. The van der Waals surface area contributed by atoms with E-state index in [1.54, 1.807) is 13.0 Å². The molecule has 0 aliphatic carbocycles. The zero-order valence-electron chi connectivity index (χ0n) is 15.6. The van der Waals surface area contributed by atoms with E-state index in [0.29, 0.717) is 17.6 Å². The van der Waals surface area contributed by atoms with Crippen LogP contribution >= 0.6 is 0 Å². The van der Waals surface area contributed by atoms with Gasteiger partial charge in [-0.05, 0) is 13.3 Å². The van der Waals surface area contributed by atoms with Crippen LogP contribution in [0.5, 0.6) is 0 Å². The molecule has 154 valence electrons. The van der Waals surface area contributed by atoms with E-state index in [9.17, 15) is 25.2 Å². The van der Waals surface area contributed by atoms with E-state index in [2.05, 4.69) is 0 Å². The molecule has 0 bridgehead atoms. The first-order valence-electron chi connectivity index (χ1n) is 8.95. The van der Waals surface area contributed by atoms with Crippen LogP contribution in [-0.4, -0.2) is 77.1 Å². The molecule has 4 N–H and O–H groups in total. The van der Waals surface area contributed by atoms with Crippen LogP contribution in [0, 0.1) is 5.92 Å². The van der Waals surface area contributed by atoms with Crippen LogP contribution in [-0.2, 0) is 23.7 Å². The molecular weight excluding hydrogens is 360 g/mol. The third kappa shape index (κ3) is 4.50. The van der Waals surface area contributed by atoms with Crippen molar-refractivity contribution in [3.63, 3.8) is 0 Å². The Hall–Kier alpha value is -1.49. The largest absolute Gasteiger partial charge is 0.468 e. The molecule has 0 spiro atoms. The Labute approximate surface area is 157 Å². The number of ether oxygens (including phenoxy) is 4. The fourth-order valence-corrected chi connectivity index (χ4v) is 3.31. The van der Waals surface area contributed by atoms with E-state index in [1.165, 1.54) is 13.4 Å². The summed E-state index contributed by atoms with van der Waals surface area (Å²) in [6.07, 6.45) is -3.49. The van der Waals surface area contributed by atoms with E-state index in [1.807, 2.05) is 6.92 Å². The molecule has 27 heavy (non-hydrogen) atoms. The Kier molecular flexibility index (Phi) is 7.78. The van der Waals surface area contributed by atoms with Crippen LogP contribution in [0.4, 0.5) is 0 Å². The first kappa shape index (κ1) is 21.8. The Bertz CT molecular complexity index is 571. The molecule has 2 aliphatic heterocycles. The molecule has 7 atom stereocenters. The maximum Gasteiger partial charge on any atom is 0.337 e. The standard InChI is InChI=1S/C18H28O9/c1-4-6-10-9(5-2)17(25-8-11(10)16(23)24-3)27-18-15(22)14(21)13(20)12(7-19)26-18/h5,8,10,12-15,17-22H,4,6-7H2,1-3H3/b9-5-/t10-,12-,13+,14+,15-,17-,18+/m1/s1. The third-order valence-electron chi connectivity index (χ3n) is 4.81. The maximum absolute atomic E-state index is 12.0. The summed E-state index contributed by atoms with van der Waals surface area (Å²) < 4.78 is 21.4. The first-order valence-corrected chi connectivity index (χ1v) is 8.95. The van der Waals surface area contributed by atoms with Gasteiger partial charge in [0.05, 0.1) is 25.6 Å². The number of allylic oxidation sites excluding steroid dienone is 1. The minimum atomic E-state index is -1.55. The molecule has 2 rings (SSSR count). The molecule has 2 aliphatic rings. The van der Waals surface area contributed by atoms with Crippen molar-refractivity contribution < 1.29 is 44.2 Å². The molecule has 0 aromatic rings. The molecule has 0 radical (unpaired) electrons. The molecular formula is C18H28O9. The lowest BCUT2D eigenvalue weighted by molar-refractivity contribution is -0.327. The zero-order valence-corrected chi connectivity index (χ0v) is 15.6. The van der Waals surface area contributed by atoms with Crippen molar-refractivity contribution in [3.8, 4) is 0 Å². The highest BCUT2D eigenvalue weighted by atomic mass is 16.8. The number of methoxy groups -OCH3 is 1. The minimum Gasteiger partial charge on any atom is -0.468 e. The van der Waals surface area contributed by atoms with Crippen molar-refractivity contribution in [2.24, 2.45) is 5.92 Å². The topological polar surface area (TPSA) is 135 Å². The molecule has 1 saturated heterocycles. The Morgan fingerprint density at radius 2 is 1.96 bits per heavy atom. The molecule has 0 aromatic heterocycles. The number of carbonyl (C=O) groups excluding carboxylic acids is 1. The number of esters is 1. The SMILES string of the molecule is C/C=C1\[C@@H](O[C@@H]2O[C@H](CO)[C@H](O)[C@H](O)[C@H]2O)OC=C(C(=O)OC)[C@@H]1CCC. The summed E-state index contributed by atoms with van der Waals surface area (Å²) in [6.45, 7) is 3.19. The van der Waals surface area contributed by atoms with Gasteiger partial charge in [-0.3, -0.25) is 0 Å². The monoisotopic (exact) mass is 388 g/mol. The Balaban J connectivity index is 2.22. The van der Waals surface area contributed by atoms with Gasteiger partial charge in [0.15, 0.2) is 6.29 Å². The number of carbonyl (C=O) groups is 1. The van der Waals surface area contributed by atoms with Crippen molar-refractivity contribution in [2.75, 3.05) is 13.7 Å². The molecule has 0 unspecified atom stereocenters. The molecule has 0 aromatic carbocycles. The van der Waals surface area contributed by atoms with E-state index < -0.39 is 49.6 Å². The summed E-state index contributed by atoms with van der Waals surface area (Å²) in [5.41, 5.74) is 1.01. The third-order valence-corrected chi connectivity index (χ3v) is 4.81. The van der Waals surface area contributed by atoms with Crippen LogP contribution < -0.4 is 0 Å². The summed E-state index contributed by atoms with van der Waals surface area (Å²) in [4.78, 5) is 12.0. The van der Waals surface area contributed by atoms with Gasteiger partial charge in [-0.25, -0.2) is 4.79 Å².